The Kier molecular flexibility index (Phi) is 1.66. The van der Waals surface area contributed by atoms with Gasteiger partial charge in [-0.05, 0) is 6.07 Å². The van der Waals surface area contributed by atoms with Crippen molar-refractivity contribution < 1.29 is 4.79 Å². The molecule has 0 bridgehead atoms. The van der Waals surface area contributed by atoms with Crippen LogP contribution in [0.2, 0.25) is 0 Å². The minimum absolute atomic E-state index is 0.470. The molecule has 0 radical (unpaired) electrons. The second kappa shape index (κ2) is 2.82. The summed E-state index contributed by atoms with van der Waals surface area (Å²) in [4.78, 5) is 25.2. The molecule has 0 atom stereocenters. The molecule has 0 aliphatic heterocycles. The number of fused-ring (bicyclic) bond motifs is 1. The topological polar surface area (TPSA) is 52.0 Å². The Bertz CT molecular complexity index is 516. The van der Waals surface area contributed by atoms with Crippen molar-refractivity contribution in [3.8, 4) is 0 Å². The van der Waals surface area contributed by atoms with Gasteiger partial charge >= 0.3 is 5.69 Å². The van der Waals surface area contributed by atoms with Crippen molar-refractivity contribution >= 4 is 17.3 Å². The van der Waals surface area contributed by atoms with E-state index in [1.54, 1.807) is 18.2 Å². The van der Waals surface area contributed by atoms with Crippen molar-refractivity contribution in [1.29, 1.82) is 0 Å². The first kappa shape index (κ1) is 7.67. The van der Waals surface area contributed by atoms with Crippen LogP contribution in [0, 0.1) is 0 Å². The Morgan fingerprint density at radius 3 is 2.85 bits per heavy atom. The minimum Gasteiger partial charge on any atom is -0.278 e. The highest BCUT2D eigenvalue weighted by molar-refractivity contribution is 5.82. The van der Waals surface area contributed by atoms with Crippen molar-refractivity contribution in [3.63, 3.8) is 0 Å². The van der Waals surface area contributed by atoms with Crippen molar-refractivity contribution in [2.75, 3.05) is 0 Å². The van der Waals surface area contributed by atoms with Crippen LogP contribution in [0.5, 0.6) is 0 Å². The van der Waals surface area contributed by atoms with Gasteiger partial charge in [0.25, 0.3) is 0 Å². The predicted octanol–water partition coefficient (Wildman–Crippen LogP) is 0.435. The molecule has 0 fully saturated rings. The number of rotatable bonds is 1. The van der Waals surface area contributed by atoms with Crippen LogP contribution >= 0.6 is 0 Å². The van der Waals surface area contributed by atoms with E-state index in [0.29, 0.717) is 11.9 Å². The summed E-state index contributed by atoms with van der Waals surface area (Å²) in [6.07, 6.45) is 1.93. The molecule has 1 aromatic carbocycles. The normalized spacial score (nSPS) is 10.2. The second-order valence-corrected chi connectivity index (χ2v) is 2.58. The number of benzene rings is 1. The van der Waals surface area contributed by atoms with E-state index < -0.39 is 5.69 Å². The Balaban J connectivity index is 3.00. The first-order valence-electron chi connectivity index (χ1n) is 3.74. The smallest absolute Gasteiger partial charge is 0.278 e. The molecule has 0 spiro atoms. The third-order valence-electron chi connectivity index (χ3n) is 1.82. The quantitative estimate of drug-likeness (QED) is 0.589. The summed E-state index contributed by atoms with van der Waals surface area (Å²) in [5.74, 6) is 0. The van der Waals surface area contributed by atoms with E-state index >= 15 is 0 Å². The Labute approximate surface area is 73.5 Å². The van der Waals surface area contributed by atoms with Crippen molar-refractivity contribution in [1.82, 2.24) is 9.55 Å². The predicted molar refractivity (Wildman–Crippen MR) is 48.2 cm³/mol. The molecule has 2 aromatic rings. The van der Waals surface area contributed by atoms with Crippen molar-refractivity contribution in [2.24, 2.45) is 0 Å². The summed E-state index contributed by atoms with van der Waals surface area (Å²) in [6, 6.07) is 7.08. The van der Waals surface area contributed by atoms with Crippen molar-refractivity contribution in [2.45, 2.75) is 0 Å². The maximum absolute atomic E-state index is 11.1. The van der Waals surface area contributed by atoms with Crippen LogP contribution in [0.25, 0.3) is 10.9 Å². The van der Waals surface area contributed by atoms with E-state index in [4.69, 9.17) is 0 Å². The standard InChI is InChI=1S/C9H6N2O2/c12-6-11-8-4-2-1-3-7(8)5-10-9(11)13/h1-6H. The number of aromatic nitrogens is 2. The highest BCUT2D eigenvalue weighted by atomic mass is 16.2. The molecule has 13 heavy (non-hydrogen) atoms. The monoisotopic (exact) mass is 174 g/mol. The third kappa shape index (κ3) is 1.12. The van der Waals surface area contributed by atoms with Gasteiger partial charge in [-0.2, -0.15) is 0 Å². The molecule has 0 unspecified atom stereocenters. The van der Waals surface area contributed by atoms with Crippen LogP contribution < -0.4 is 5.69 Å². The maximum atomic E-state index is 11.1. The van der Waals surface area contributed by atoms with E-state index in [9.17, 15) is 9.59 Å². The van der Waals surface area contributed by atoms with Gasteiger partial charge in [-0.15, -0.1) is 0 Å². The molecule has 0 N–H and O–H groups in total. The van der Waals surface area contributed by atoms with E-state index in [-0.39, 0.29) is 0 Å². The zero-order chi connectivity index (χ0) is 9.26. The zero-order valence-electron chi connectivity index (χ0n) is 6.68. The van der Waals surface area contributed by atoms with Crippen LogP contribution in [-0.2, 0) is 4.79 Å². The molecule has 2 rings (SSSR count). The van der Waals surface area contributed by atoms with Gasteiger partial charge in [0, 0.05) is 11.6 Å². The molecule has 64 valence electrons. The molecular weight excluding hydrogens is 168 g/mol. The molecular formula is C9H6N2O2. The molecule has 1 aromatic heterocycles. The lowest BCUT2D eigenvalue weighted by Gasteiger charge is -1.99. The van der Waals surface area contributed by atoms with Gasteiger partial charge in [0.2, 0.25) is 6.41 Å². The molecule has 4 heteroatoms. The number of carbonyl (C=O) groups excluding carboxylic acids is 1. The molecule has 0 saturated carbocycles. The summed E-state index contributed by atoms with van der Waals surface area (Å²) >= 11 is 0. The van der Waals surface area contributed by atoms with Gasteiger partial charge in [-0.25, -0.2) is 14.3 Å². The minimum atomic E-state index is -0.547. The van der Waals surface area contributed by atoms with E-state index in [0.717, 1.165) is 9.95 Å². The van der Waals surface area contributed by atoms with E-state index in [1.807, 2.05) is 6.07 Å². The van der Waals surface area contributed by atoms with Crippen LogP contribution in [0.1, 0.15) is 0 Å². The maximum Gasteiger partial charge on any atom is 0.354 e. The fourth-order valence-electron chi connectivity index (χ4n) is 1.21. The van der Waals surface area contributed by atoms with Crippen LogP contribution in [0.15, 0.2) is 35.3 Å². The summed E-state index contributed by atoms with van der Waals surface area (Å²) in [6.45, 7) is 0. The first-order chi connectivity index (χ1) is 6.33. The van der Waals surface area contributed by atoms with Gasteiger partial charge < -0.3 is 0 Å². The highest BCUT2D eigenvalue weighted by Gasteiger charge is 2.00. The van der Waals surface area contributed by atoms with E-state index in [1.165, 1.54) is 6.20 Å². The van der Waals surface area contributed by atoms with Crippen molar-refractivity contribution in [3.05, 3.63) is 40.9 Å². The molecule has 4 nitrogen and oxygen atoms in total. The summed E-state index contributed by atoms with van der Waals surface area (Å²) < 4.78 is 0.981. The molecule has 0 amide bonds. The molecule has 0 saturated heterocycles. The van der Waals surface area contributed by atoms with Crippen LogP contribution in [0.3, 0.4) is 0 Å². The number of hydrogen-bond donors (Lipinski definition) is 0. The Morgan fingerprint density at radius 1 is 1.31 bits per heavy atom. The lowest BCUT2D eigenvalue weighted by atomic mass is 10.2. The lowest BCUT2D eigenvalue weighted by Crippen LogP contribution is -2.22. The van der Waals surface area contributed by atoms with Crippen LogP contribution in [-0.4, -0.2) is 16.0 Å². The van der Waals surface area contributed by atoms with Gasteiger partial charge in [0.15, 0.2) is 0 Å². The summed E-state index contributed by atoms with van der Waals surface area (Å²) in [5.41, 5.74) is 0.0335. The number of nitrogens with zero attached hydrogens (tertiary/aromatic N) is 2. The molecule has 1 heterocycles. The Morgan fingerprint density at radius 2 is 2.08 bits per heavy atom. The van der Waals surface area contributed by atoms with E-state index in [2.05, 4.69) is 4.98 Å². The lowest BCUT2D eigenvalue weighted by molar-refractivity contribution is 0.546. The van der Waals surface area contributed by atoms with Gasteiger partial charge in [-0.3, -0.25) is 4.79 Å². The summed E-state index contributed by atoms with van der Waals surface area (Å²) in [5, 5.41) is 0.772. The molecule has 0 aliphatic rings. The SMILES string of the molecule is O=Cn1c(=O)ncc2ccccc21. The molecule has 0 aliphatic carbocycles. The number of carbonyl (C=O) groups is 1. The largest absolute Gasteiger partial charge is 0.354 e. The van der Waals surface area contributed by atoms with Gasteiger partial charge in [-0.1, -0.05) is 18.2 Å². The average molecular weight is 174 g/mol. The number of hydrogen-bond acceptors (Lipinski definition) is 3. The average Bonchev–Trinajstić information content (AvgIpc) is 2.18. The van der Waals surface area contributed by atoms with Gasteiger partial charge in [0.05, 0.1) is 5.52 Å². The van der Waals surface area contributed by atoms with Gasteiger partial charge in [0.1, 0.15) is 0 Å². The zero-order valence-corrected chi connectivity index (χ0v) is 6.68. The Hall–Kier alpha value is -1.97. The second-order valence-electron chi connectivity index (χ2n) is 2.58. The fourth-order valence-corrected chi connectivity index (χ4v) is 1.21. The highest BCUT2D eigenvalue weighted by Crippen LogP contribution is 2.07. The fraction of sp³-hybridized carbons (Fsp3) is 0. The number of para-hydroxylation sites is 1. The first-order valence-corrected chi connectivity index (χ1v) is 3.74. The summed E-state index contributed by atoms with van der Waals surface area (Å²) in [7, 11) is 0. The van der Waals surface area contributed by atoms with Crippen LogP contribution in [0.4, 0.5) is 0 Å². The third-order valence-corrected chi connectivity index (χ3v) is 1.82.